The van der Waals surface area contributed by atoms with Crippen LogP contribution in [0.3, 0.4) is 0 Å². The standard InChI is InChI=1S/C23H25Cl2N3O2S/c1-2-16-4-7-20-21(14-16)31-23(26-20)28(9-3-8-27-10-12-30-13-11-27)22(29)18-15-17(24)5-6-19(18)25/h4-7,14-15H,2-3,8-13H2,1H3. The van der Waals surface area contributed by atoms with E-state index in [0.717, 1.165) is 55.9 Å². The number of rotatable bonds is 7. The van der Waals surface area contributed by atoms with Crippen LogP contribution in [0.4, 0.5) is 5.13 Å². The molecule has 1 aliphatic heterocycles. The van der Waals surface area contributed by atoms with Crippen LogP contribution < -0.4 is 4.90 Å². The van der Waals surface area contributed by atoms with Crippen molar-refractivity contribution >= 4 is 55.8 Å². The van der Waals surface area contributed by atoms with Gasteiger partial charge in [-0.05, 0) is 48.7 Å². The molecule has 8 heteroatoms. The van der Waals surface area contributed by atoms with E-state index in [-0.39, 0.29) is 5.91 Å². The maximum atomic E-state index is 13.5. The van der Waals surface area contributed by atoms with Crippen molar-refractivity contribution in [3.63, 3.8) is 0 Å². The van der Waals surface area contributed by atoms with E-state index in [1.54, 1.807) is 23.1 Å². The molecule has 0 bridgehead atoms. The highest BCUT2D eigenvalue weighted by molar-refractivity contribution is 7.22. The molecule has 2 heterocycles. The Kier molecular flexibility index (Phi) is 7.46. The highest BCUT2D eigenvalue weighted by Crippen LogP contribution is 2.32. The van der Waals surface area contributed by atoms with Gasteiger partial charge in [-0.1, -0.05) is 47.5 Å². The van der Waals surface area contributed by atoms with E-state index in [1.807, 2.05) is 6.07 Å². The third-order valence-corrected chi connectivity index (χ3v) is 7.05. The minimum Gasteiger partial charge on any atom is -0.379 e. The normalized spacial score (nSPS) is 14.8. The number of halogens is 2. The average molecular weight is 478 g/mol. The molecular weight excluding hydrogens is 453 g/mol. The minimum atomic E-state index is -0.177. The van der Waals surface area contributed by atoms with Crippen molar-refractivity contribution in [3.05, 3.63) is 57.6 Å². The van der Waals surface area contributed by atoms with E-state index in [1.165, 1.54) is 16.9 Å². The number of ether oxygens (including phenoxy) is 1. The monoisotopic (exact) mass is 477 g/mol. The molecule has 0 saturated carbocycles. The Morgan fingerprint density at radius 2 is 2.00 bits per heavy atom. The van der Waals surface area contributed by atoms with Crippen LogP contribution in [0.1, 0.15) is 29.3 Å². The Bertz CT molecular complexity index is 1070. The fourth-order valence-electron chi connectivity index (χ4n) is 3.66. The summed E-state index contributed by atoms with van der Waals surface area (Å²) in [6.45, 7) is 6.97. The Morgan fingerprint density at radius 3 is 2.77 bits per heavy atom. The third-order valence-electron chi connectivity index (χ3n) is 5.44. The zero-order valence-corrected chi connectivity index (χ0v) is 19.8. The number of aryl methyl sites for hydroxylation is 1. The number of amides is 1. The zero-order valence-electron chi connectivity index (χ0n) is 17.4. The summed E-state index contributed by atoms with van der Waals surface area (Å²) in [5, 5.41) is 1.56. The molecule has 1 amide bonds. The van der Waals surface area contributed by atoms with Gasteiger partial charge >= 0.3 is 0 Å². The largest absolute Gasteiger partial charge is 0.379 e. The second-order valence-electron chi connectivity index (χ2n) is 7.54. The van der Waals surface area contributed by atoms with Crippen LogP contribution >= 0.6 is 34.5 Å². The summed E-state index contributed by atoms with van der Waals surface area (Å²) in [4.78, 5) is 22.4. The van der Waals surface area contributed by atoms with Crippen LogP contribution in [0.2, 0.25) is 10.0 Å². The number of hydrogen-bond acceptors (Lipinski definition) is 5. The average Bonchev–Trinajstić information content (AvgIpc) is 3.21. The summed E-state index contributed by atoms with van der Waals surface area (Å²) >= 11 is 14.0. The lowest BCUT2D eigenvalue weighted by atomic mass is 10.2. The number of carbonyl (C=O) groups excluding carboxylic acids is 1. The molecule has 0 N–H and O–H groups in total. The molecule has 3 aromatic rings. The fraction of sp³-hybridized carbons (Fsp3) is 0.391. The number of hydrogen-bond donors (Lipinski definition) is 0. The van der Waals surface area contributed by atoms with Crippen LogP contribution in [0, 0.1) is 0 Å². The third kappa shape index (κ3) is 5.38. The number of thiazole rings is 1. The van der Waals surface area contributed by atoms with Gasteiger partial charge in [-0.25, -0.2) is 4.98 Å². The number of morpholine rings is 1. The van der Waals surface area contributed by atoms with Gasteiger partial charge in [-0.2, -0.15) is 0 Å². The number of benzene rings is 2. The molecule has 164 valence electrons. The summed E-state index contributed by atoms with van der Waals surface area (Å²) in [7, 11) is 0. The van der Waals surface area contributed by atoms with Crippen molar-refractivity contribution in [3.8, 4) is 0 Å². The van der Waals surface area contributed by atoms with Crippen LogP contribution in [0.5, 0.6) is 0 Å². The maximum absolute atomic E-state index is 13.5. The van der Waals surface area contributed by atoms with Crippen LogP contribution in [-0.2, 0) is 11.2 Å². The lowest BCUT2D eigenvalue weighted by Gasteiger charge is -2.27. The highest BCUT2D eigenvalue weighted by atomic mass is 35.5. The van der Waals surface area contributed by atoms with Crippen LogP contribution in [0.25, 0.3) is 10.2 Å². The van der Waals surface area contributed by atoms with E-state index in [2.05, 4.69) is 24.0 Å². The highest BCUT2D eigenvalue weighted by Gasteiger charge is 2.24. The smallest absolute Gasteiger partial charge is 0.261 e. The molecule has 0 unspecified atom stereocenters. The first kappa shape index (κ1) is 22.5. The molecule has 0 radical (unpaired) electrons. The van der Waals surface area contributed by atoms with Crippen molar-refractivity contribution in [1.82, 2.24) is 9.88 Å². The molecular formula is C23H25Cl2N3O2S. The van der Waals surface area contributed by atoms with Crippen LogP contribution in [0.15, 0.2) is 36.4 Å². The fourth-order valence-corrected chi connectivity index (χ4v) is 5.08. The van der Waals surface area contributed by atoms with Crippen molar-refractivity contribution in [2.24, 2.45) is 0 Å². The van der Waals surface area contributed by atoms with Gasteiger partial charge in [-0.3, -0.25) is 14.6 Å². The Labute approximate surface area is 196 Å². The van der Waals surface area contributed by atoms with Gasteiger partial charge in [0.15, 0.2) is 5.13 Å². The summed E-state index contributed by atoms with van der Waals surface area (Å²) in [6, 6.07) is 11.2. The van der Waals surface area contributed by atoms with Gasteiger partial charge in [0.25, 0.3) is 5.91 Å². The van der Waals surface area contributed by atoms with Crippen LogP contribution in [-0.4, -0.2) is 55.2 Å². The van der Waals surface area contributed by atoms with Crippen molar-refractivity contribution < 1.29 is 9.53 Å². The first-order valence-corrected chi connectivity index (χ1v) is 12.1. The van der Waals surface area contributed by atoms with Crippen molar-refractivity contribution in [1.29, 1.82) is 0 Å². The lowest BCUT2D eigenvalue weighted by Crippen LogP contribution is -2.39. The Hall–Kier alpha value is -1.70. The summed E-state index contributed by atoms with van der Waals surface area (Å²) in [5.41, 5.74) is 2.56. The molecule has 1 aromatic heterocycles. The Balaban J connectivity index is 1.61. The first-order chi connectivity index (χ1) is 15.0. The number of aromatic nitrogens is 1. The molecule has 4 rings (SSSR count). The zero-order chi connectivity index (χ0) is 21.8. The quantitative estimate of drug-likeness (QED) is 0.448. The van der Waals surface area contributed by atoms with Gasteiger partial charge in [-0.15, -0.1) is 0 Å². The van der Waals surface area contributed by atoms with E-state index >= 15 is 0 Å². The first-order valence-electron chi connectivity index (χ1n) is 10.5. The van der Waals surface area contributed by atoms with Crippen molar-refractivity contribution in [2.75, 3.05) is 44.3 Å². The van der Waals surface area contributed by atoms with Gasteiger partial charge < -0.3 is 4.74 Å². The summed E-state index contributed by atoms with van der Waals surface area (Å²) < 4.78 is 6.51. The van der Waals surface area contributed by atoms with E-state index in [0.29, 0.717) is 27.3 Å². The molecule has 0 atom stereocenters. The molecule has 1 saturated heterocycles. The van der Waals surface area contributed by atoms with Crippen molar-refractivity contribution in [2.45, 2.75) is 19.8 Å². The molecule has 31 heavy (non-hydrogen) atoms. The SMILES string of the molecule is CCc1ccc2nc(N(CCCN3CCOCC3)C(=O)c3cc(Cl)ccc3Cl)sc2c1. The summed E-state index contributed by atoms with van der Waals surface area (Å²) in [6.07, 6.45) is 1.80. The van der Waals surface area contributed by atoms with Gasteiger partial charge in [0, 0.05) is 31.2 Å². The Morgan fingerprint density at radius 1 is 1.19 bits per heavy atom. The number of carbonyl (C=O) groups is 1. The van der Waals surface area contributed by atoms with E-state index < -0.39 is 0 Å². The molecule has 1 fully saturated rings. The number of nitrogens with zero attached hydrogens (tertiary/aromatic N) is 3. The maximum Gasteiger partial charge on any atom is 0.261 e. The number of fused-ring (bicyclic) bond motifs is 1. The molecule has 2 aromatic carbocycles. The lowest BCUT2D eigenvalue weighted by molar-refractivity contribution is 0.0376. The molecule has 1 aliphatic rings. The second kappa shape index (κ2) is 10.3. The van der Waals surface area contributed by atoms with Gasteiger partial charge in [0.2, 0.25) is 0 Å². The topological polar surface area (TPSA) is 45.7 Å². The second-order valence-corrected chi connectivity index (χ2v) is 9.39. The molecule has 0 aliphatic carbocycles. The van der Waals surface area contributed by atoms with E-state index in [4.69, 9.17) is 32.9 Å². The summed E-state index contributed by atoms with van der Waals surface area (Å²) in [5.74, 6) is -0.177. The molecule has 5 nitrogen and oxygen atoms in total. The predicted octanol–water partition coefficient (Wildman–Crippen LogP) is 5.53. The molecule has 0 spiro atoms. The minimum absolute atomic E-state index is 0.177. The van der Waals surface area contributed by atoms with Gasteiger partial charge in [0.1, 0.15) is 0 Å². The van der Waals surface area contributed by atoms with Gasteiger partial charge in [0.05, 0.1) is 34.0 Å². The van der Waals surface area contributed by atoms with E-state index in [9.17, 15) is 4.79 Å². The predicted molar refractivity (Wildman–Crippen MR) is 129 cm³/mol. The number of anilines is 1.